The number of aromatic amines is 1. The van der Waals surface area contributed by atoms with E-state index in [0.29, 0.717) is 20.2 Å². The van der Waals surface area contributed by atoms with Crippen LogP contribution in [-0.4, -0.2) is 31.9 Å². The van der Waals surface area contributed by atoms with Gasteiger partial charge in [-0.05, 0) is 35.9 Å². The number of nitrogens with one attached hydrogen (secondary N) is 1. The summed E-state index contributed by atoms with van der Waals surface area (Å²) in [4.78, 5) is 49.7. The van der Waals surface area contributed by atoms with Gasteiger partial charge in [0.05, 0.1) is 27.6 Å². The number of para-hydroxylation sites is 1. The highest BCUT2D eigenvalue weighted by molar-refractivity contribution is 9.10. The Kier molecular flexibility index (Phi) is 6.55. The zero-order valence-corrected chi connectivity index (χ0v) is 19.3. The van der Waals surface area contributed by atoms with Crippen molar-refractivity contribution in [2.75, 3.05) is 0 Å². The Morgan fingerprint density at radius 2 is 1.89 bits per heavy atom. The van der Waals surface area contributed by atoms with Gasteiger partial charge in [0.1, 0.15) is 6.61 Å². The van der Waals surface area contributed by atoms with E-state index in [-0.39, 0.29) is 34.6 Å². The van der Waals surface area contributed by atoms with E-state index >= 15 is 0 Å². The molecular weight excluding hydrogens is 524 g/mol. The van der Waals surface area contributed by atoms with Gasteiger partial charge in [0.2, 0.25) is 5.75 Å². The van der Waals surface area contributed by atoms with Crippen molar-refractivity contribution < 1.29 is 19.6 Å². The predicted octanol–water partition coefficient (Wildman–Crippen LogP) is 3.52. The second-order valence-corrected chi connectivity index (χ2v) is 8.14. The van der Waals surface area contributed by atoms with Gasteiger partial charge in [0, 0.05) is 16.1 Å². The first-order valence-corrected chi connectivity index (χ1v) is 10.8. The molecule has 3 aromatic carbocycles. The third kappa shape index (κ3) is 5.01. The first kappa shape index (κ1) is 23.6. The number of hydrogen-bond donors (Lipinski definition) is 2. The molecule has 0 saturated carbocycles. The van der Waals surface area contributed by atoms with Crippen LogP contribution in [0.1, 0.15) is 21.5 Å². The van der Waals surface area contributed by atoms with Gasteiger partial charge in [-0.3, -0.25) is 14.9 Å². The average Bonchev–Trinajstić information content (AvgIpc) is 2.83. The van der Waals surface area contributed by atoms with E-state index < -0.39 is 22.1 Å². The number of H-pyrrole nitrogens is 1. The van der Waals surface area contributed by atoms with Crippen molar-refractivity contribution in [1.82, 2.24) is 9.66 Å². The molecule has 0 aliphatic carbocycles. The number of fused-ring (bicyclic) bond motifs is 1. The van der Waals surface area contributed by atoms with E-state index in [1.807, 2.05) is 0 Å². The van der Waals surface area contributed by atoms with Crippen LogP contribution in [-0.2, 0) is 6.61 Å². The Morgan fingerprint density at radius 1 is 1.17 bits per heavy atom. The molecule has 0 radical (unpaired) electrons. The summed E-state index contributed by atoms with van der Waals surface area (Å²) in [6.45, 7) is -0.111. The summed E-state index contributed by atoms with van der Waals surface area (Å²) in [5, 5.41) is 24.9. The molecule has 35 heavy (non-hydrogen) atoms. The second-order valence-electron chi connectivity index (χ2n) is 7.23. The molecule has 2 N–H and O–H groups in total. The van der Waals surface area contributed by atoms with Crippen LogP contribution in [0.2, 0.25) is 0 Å². The number of aromatic nitrogens is 2. The van der Waals surface area contributed by atoms with Crippen molar-refractivity contribution in [3.8, 4) is 5.75 Å². The van der Waals surface area contributed by atoms with E-state index in [9.17, 15) is 24.5 Å². The molecule has 0 amide bonds. The van der Waals surface area contributed by atoms with Crippen LogP contribution >= 0.6 is 15.9 Å². The van der Waals surface area contributed by atoms with Crippen LogP contribution in [0.25, 0.3) is 10.9 Å². The van der Waals surface area contributed by atoms with Crippen molar-refractivity contribution in [2.24, 2.45) is 5.10 Å². The molecule has 1 aromatic heterocycles. The summed E-state index contributed by atoms with van der Waals surface area (Å²) >= 11 is 3.21. The Hall–Kier alpha value is -4.58. The molecule has 1 heterocycles. The first-order valence-electron chi connectivity index (χ1n) is 9.96. The number of halogens is 1. The molecule has 0 bridgehead atoms. The number of benzene rings is 3. The van der Waals surface area contributed by atoms with Crippen molar-refractivity contribution in [1.29, 1.82) is 0 Å². The van der Waals surface area contributed by atoms with Gasteiger partial charge in [-0.2, -0.15) is 5.10 Å². The predicted molar refractivity (Wildman–Crippen MR) is 130 cm³/mol. The Bertz CT molecular complexity index is 1610. The van der Waals surface area contributed by atoms with E-state index in [0.717, 1.165) is 6.21 Å². The molecule has 11 nitrogen and oxygen atoms in total. The number of hydrogen-bond acceptors (Lipinski definition) is 7. The number of ether oxygens (including phenoxy) is 1. The van der Waals surface area contributed by atoms with Gasteiger partial charge in [-0.25, -0.2) is 9.59 Å². The summed E-state index contributed by atoms with van der Waals surface area (Å²) in [6, 6.07) is 15.0. The summed E-state index contributed by atoms with van der Waals surface area (Å²) in [7, 11) is 0. The lowest BCUT2D eigenvalue weighted by Crippen LogP contribution is -2.32. The minimum atomic E-state index is -1.08. The third-order valence-corrected chi connectivity index (χ3v) is 5.40. The fourth-order valence-electron chi connectivity index (χ4n) is 3.27. The standard InChI is InChI=1S/C23H15BrN4O7/c24-16-9-15(11-25-27-21(29)17-3-1-2-4-18(17)26-23(27)32)20(19(10-16)28(33)34)35-12-13-5-7-14(8-6-13)22(30)31/h1-11H,12H2,(H,26,32)(H,30,31). The van der Waals surface area contributed by atoms with Crippen LogP contribution in [0.3, 0.4) is 0 Å². The first-order chi connectivity index (χ1) is 16.7. The van der Waals surface area contributed by atoms with Crippen molar-refractivity contribution in [3.63, 3.8) is 0 Å². The molecule has 12 heteroatoms. The molecule has 4 aromatic rings. The molecule has 0 spiro atoms. The number of nitro benzene ring substituents is 1. The smallest absolute Gasteiger partial charge is 0.349 e. The van der Waals surface area contributed by atoms with Gasteiger partial charge in [-0.15, -0.1) is 4.68 Å². The normalized spacial score (nSPS) is 11.1. The summed E-state index contributed by atoms with van der Waals surface area (Å²) in [5.41, 5.74) is -0.679. The zero-order valence-electron chi connectivity index (χ0n) is 17.7. The number of carboxylic acids is 1. The minimum Gasteiger partial charge on any atom is -0.481 e. The van der Waals surface area contributed by atoms with Gasteiger partial charge in [0.25, 0.3) is 5.56 Å². The van der Waals surface area contributed by atoms with Crippen molar-refractivity contribution in [3.05, 3.63) is 113 Å². The summed E-state index contributed by atoms with van der Waals surface area (Å²) in [6.07, 6.45) is 1.12. The highest BCUT2D eigenvalue weighted by Gasteiger charge is 2.21. The molecule has 0 aliphatic heterocycles. The van der Waals surface area contributed by atoms with Crippen molar-refractivity contribution >= 4 is 44.7 Å². The molecule has 0 fully saturated rings. The van der Waals surface area contributed by atoms with Crippen LogP contribution in [0.4, 0.5) is 5.69 Å². The molecule has 0 saturated heterocycles. The Morgan fingerprint density at radius 3 is 2.57 bits per heavy atom. The molecular formula is C23H15BrN4O7. The highest BCUT2D eigenvalue weighted by Crippen LogP contribution is 2.34. The maximum Gasteiger partial charge on any atom is 0.349 e. The van der Waals surface area contributed by atoms with E-state index in [1.165, 1.54) is 42.5 Å². The number of aromatic carboxylic acids is 1. The third-order valence-electron chi connectivity index (χ3n) is 4.94. The second kappa shape index (κ2) is 9.73. The SMILES string of the molecule is O=C(O)c1ccc(COc2c(C=Nn3c(=O)[nH]c4ccccc4c3=O)cc(Br)cc2[N+](=O)[O-])cc1. The number of carboxylic acid groups (broad SMARTS) is 1. The monoisotopic (exact) mass is 538 g/mol. The molecule has 0 aliphatic rings. The lowest BCUT2D eigenvalue weighted by molar-refractivity contribution is -0.386. The number of carbonyl (C=O) groups is 1. The quantitative estimate of drug-likeness (QED) is 0.207. The lowest BCUT2D eigenvalue weighted by atomic mass is 10.1. The fourth-order valence-corrected chi connectivity index (χ4v) is 3.73. The Labute approximate surface area is 204 Å². The maximum absolute atomic E-state index is 12.7. The van der Waals surface area contributed by atoms with Crippen LogP contribution in [0.5, 0.6) is 5.75 Å². The number of rotatable bonds is 7. The lowest BCUT2D eigenvalue weighted by Gasteiger charge is -2.11. The molecule has 0 unspecified atom stereocenters. The number of nitro groups is 1. The van der Waals surface area contributed by atoms with E-state index in [1.54, 1.807) is 18.2 Å². The van der Waals surface area contributed by atoms with E-state index in [2.05, 4.69) is 26.0 Å². The maximum atomic E-state index is 12.7. The van der Waals surface area contributed by atoms with Gasteiger partial charge < -0.3 is 14.8 Å². The van der Waals surface area contributed by atoms with Gasteiger partial charge in [0.15, 0.2) is 0 Å². The zero-order chi connectivity index (χ0) is 25.1. The largest absolute Gasteiger partial charge is 0.481 e. The van der Waals surface area contributed by atoms with Crippen molar-refractivity contribution in [2.45, 2.75) is 6.61 Å². The molecule has 4 rings (SSSR count). The fraction of sp³-hybridized carbons (Fsp3) is 0.0435. The number of nitrogens with zero attached hydrogens (tertiary/aromatic N) is 3. The van der Waals surface area contributed by atoms with Crippen LogP contribution in [0, 0.1) is 10.1 Å². The van der Waals surface area contributed by atoms with E-state index in [4.69, 9.17) is 9.84 Å². The van der Waals surface area contributed by atoms with Gasteiger partial charge in [-0.1, -0.05) is 40.2 Å². The summed E-state index contributed by atoms with van der Waals surface area (Å²) in [5.74, 6) is -1.23. The minimum absolute atomic E-state index is 0.0854. The Balaban J connectivity index is 1.74. The highest BCUT2D eigenvalue weighted by atomic mass is 79.9. The van der Waals surface area contributed by atoms with Gasteiger partial charge >= 0.3 is 17.3 Å². The topological polar surface area (TPSA) is 157 Å². The molecule has 176 valence electrons. The molecule has 0 atom stereocenters. The van der Waals surface area contributed by atoms with Crippen LogP contribution < -0.4 is 16.0 Å². The van der Waals surface area contributed by atoms with Crippen LogP contribution in [0.15, 0.2) is 79.8 Å². The average molecular weight is 539 g/mol. The summed E-state index contributed by atoms with van der Waals surface area (Å²) < 4.78 is 6.68.